The molecule has 1 N–H and O–H groups in total. The first-order valence-corrected chi connectivity index (χ1v) is 8.95. The fourth-order valence-corrected chi connectivity index (χ4v) is 3.05. The summed E-state index contributed by atoms with van der Waals surface area (Å²) in [4.78, 5) is 12.2. The van der Waals surface area contributed by atoms with E-state index in [0.29, 0.717) is 19.4 Å². The topological polar surface area (TPSA) is 47.6 Å². The summed E-state index contributed by atoms with van der Waals surface area (Å²) in [5.74, 6) is 1.61. The number of hydrogen-bond acceptors (Lipinski definition) is 3. The lowest BCUT2D eigenvalue weighted by atomic mass is 10.0. The van der Waals surface area contributed by atoms with Gasteiger partial charge in [-0.2, -0.15) is 0 Å². The molecule has 0 bridgehead atoms. The quantitative estimate of drug-likeness (QED) is 0.835. The number of amides is 1. The Hall–Kier alpha value is -2.49. The summed E-state index contributed by atoms with van der Waals surface area (Å²) in [7, 11) is 0. The van der Waals surface area contributed by atoms with E-state index < -0.39 is 0 Å². The number of aryl methyl sites for hydroxylation is 3. The Kier molecular flexibility index (Phi) is 5.59. The van der Waals surface area contributed by atoms with Crippen LogP contribution in [-0.2, 0) is 30.6 Å². The van der Waals surface area contributed by atoms with Gasteiger partial charge in [-0.3, -0.25) is 4.79 Å². The molecular formula is C21H25NO3. The van der Waals surface area contributed by atoms with Crippen molar-refractivity contribution in [2.24, 2.45) is 0 Å². The molecule has 0 saturated carbocycles. The van der Waals surface area contributed by atoms with E-state index in [1.54, 1.807) is 0 Å². The zero-order chi connectivity index (χ0) is 17.6. The molecular weight excluding hydrogens is 314 g/mol. The van der Waals surface area contributed by atoms with E-state index in [9.17, 15) is 4.79 Å². The lowest BCUT2D eigenvalue weighted by Crippen LogP contribution is -2.23. The second-order valence-electron chi connectivity index (χ2n) is 6.27. The van der Waals surface area contributed by atoms with Crippen LogP contribution in [0.2, 0.25) is 0 Å². The largest absolute Gasteiger partial charge is 0.454 e. The van der Waals surface area contributed by atoms with Crippen LogP contribution < -0.4 is 14.8 Å². The van der Waals surface area contributed by atoms with Crippen molar-refractivity contribution < 1.29 is 14.3 Å². The number of hydrogen-bond donors (Lipinski definition) is 1. The molecule has 25 heavy (non-hydrogen) atoms. The second-order valence-corrected chi connectivity index (χ2v) is 6.27. The van der Waals surface area contributed by atoms with E-state index in [-0.39, 0.29) is 12.7 Å². The summed E-state index contributed by atoms with van der Waals surface area (Å²) in [6, 6.07) is 12.4. The predicted octanol–water partition coefficient (Wildman–Crippen LogP) is 3.79. The summed E-state index contributed by atoms with van der Waals surface area (Å²) in [5, 5.41) is 3.05. The molecule has 1 amide bonds. The highest BCUT2D eigenvalue weighted by Gasteiger charge is 2.13. The highest BCUT2D eigenvalue weighted by molar-refractivity contribution is 5.76. The number of nitrogens with one attached hydrogen (secondary N) is 1. The minimum atomic E-state index is 0.0709. The van der Waals surface area contributed by atoms with E-state index in [4.69, 9.17) is 9.47 Å². The fourth-order valence-electron chi connectivity index (χ4n) is 3.05. The average molecular weight is 339 g/mol. The van der Waals surface area contributed by atoms with E-state index >= 15 is 0 Å². The smallest absolute Gasteiger partial charge is 0.231 e. The van der Waals surface area contributed by atoms with Crippen LogP contribution in [0, 0.1) is 0 Å². The maximum absolute atomic E-state index is 12.2. The molecule has 0 atom stereocenters. The van der Waals surface area contributed by atoms with Crippen molar-refractivity contribution in [2.75, 3.05) is 6.79 Å². The van der Waals surface area contributed by atoms with Gasteiger partial charge >= 0.3 is 0 Å². The second kappa shape index (κ2) is 8.06. The summed E-state index contributed by atoms with van der Waals surface area (Å²) < 4.78 is 10.7. The van der Waals surface area contributed by atoms with Crippen LogP contribution >= 0.6 is 0 Å². The normalized spacial score (nSPS) is 12.2. The molecule has 132 valence electrons. The van der Waals surface area contributed by atoms with Gasteiger partial charge in [-0.1, -0.05) is 38.1 Å². The zero-order valence-electron chi connectivity index (χ0n) is 14.9. The predicted molar refractivity (Wildman–Crippen MR) is 97.9 cm³/mol. The van der Waals surface area contributed by atoms with Gasteiger partial charge in [0.25, 0.3) is 0 Å². The van der Waals surface area contributed by atoms with Gasteiger partial charge in [-0.05, 0) is 53.6 Å². The highest BCUT2D eigenvalue weighted by Crippen LogP contribution is 2.32. The number of fused-ring (bicyclic) bond motifs is 1. The molecule has 0 unspecified atom stereocenters. The Balaban J connectivity index is 1.53. The van der Waals surface area contributed by atoms with E-state index in [2.05, 4.69) is 37.4 Å². The maximum atomic E-state index is 12.2. The third-order valence-electron chi connectivity index (χ3n) is 4.61. The van der Waals surface area contributed by atoms with Crippen molar-refractivity contribution in [1.29, 1.82) is 0 Å². The molecule has 2 aromatic rings. The Labute approximate surface area is 149 Å². The summed E-state index contributed by atoms with van der Waals surface area (Å²) in [6.07, 6.45) is 3.15. The summed E-state index contributed by atoms with van der Waals surface area (Å²) >= 11 is 0. The lowest BCUT2D eigenvalue weighted by molar-refractivity contribution is -0.121. The third-order valence-corrected chi connectivity index (χ3v) is 4.61. The molecule has 0 spiro atoms. The Morgan fingerprint density at radius 1 is 0.960 bits per heavy atom. The molecule has 4 heteroatoms. The minimum Gasteiger partial charge on any atom is -0.454 e. The molecule has 0 aromatic heterocycles. The van der Waals surface area contributed by atoms with Crippen LogP contribution in [0.1, 0.15) is 42.5 Å². The van der Waals surface area contributed by atoms with Gasteiger partial charge in [0.2, 0.25) is 12.7 Å². The molecule has 1 aliphatic heterocycles. The van der Waals surface area contributed by atoms with Gasteiger partial charge in [-0.25, -0.2) is 0 Å². The first-order chi connectivity index (χ1) is 12.2. The maximum Gasteiger partial charge on any atom is 0.231 e. The van der Waals surface area contributed by atoms with Crippen molar-refractivity contribution in [3.8, 4) is 11.5 Å². The van der Waals surface area contributed by atoms with E-state index in [0.717, 1.165) is 29.9 Å². The SMILES string of the molecule is CCc1ccc(CC)c(CNC(=O)CCc2ccc3c(c2)OCO3)c1. The molecule has 2 aromatic carbocycles. The molecule has 0 fully saturated rings. The van der Waals surface area contributed by atoms with Crippen molar-refractivity contribution in [3.05, 3.63) is 58.7 Å². The van der Waals surface area contributed by atoms with Gasteiger partial charge in [0.05, 0.1) is 0 Å². The van der Waals surface area contributed by atoms with Gasteiger partial charge in [0, 0.05) is 13.0 Å². The van der Waals surface area contributed by atoms with Crippen LogP contribution in [0.5, 0.6) is 11.5 Å². The van der Waals surface area contributed by atoms with Gasteiger partial charge in [0.1, 0.15) is 0 Å². The fraction of sp³-hybridized carbons (Fsp3) is 0.381. The number of carbonyl (C=O) groups is 1. The zero-order valence-corrected chi connectivity index (χ0v) is 14.9. The van der Waals surface area contributed by atoms with Gasteiger partial charge in [0.15, 0.2) is 11.5 Å². The monoisotopic (exact) mass is 339 g/mol. The minimum absolute atomic E-state index is 0.0709. The van der Waals surface area contributed by atoms with E-state index in [1.807, 2.05) is 18.2 Å². The van der Waals surface area contributed by atoms with Crippen LogP contribution in [0.3, 0.4) is 0 Å². The first kappa shape index (κ1) is 17.3. The van der Waals surface area contributed by atoms with Crippen LogP contribution in [-0.4, -0.2) is 12.7 Å². The number of carbonyl (C=O) groups excluding carboxylic acids is 1. The molecule has 4 nitrogen and oxygen atoms in total. The lowest BCUT2D eigenvalue weighted by Gasteiger charge is -2.11. The van der Waals surface area contributed by atoms with Gasteiger partial charge < -0.3 is 14.8 Å². The Morgan fingerprint density at radius 3 is 2.56 bits per heavy atom. The number of ether oxygens (including phenoxy) is 2. The van der Waals surface area contributed by atoms with Crippen molar-refractivity contribution >= 4 is 5.91 Å². The van der Waals surface area contributed by atoms with Crippen LogP contribution in [0.4, 0.5) is 0 Å². The Bertz CT molecular complexity index is 755. The standard InChI is InChI=1S/C21H25NO3/c1-3-15-5-8-17(4-2)18(11-15)13-22-21(23)10-7-16-6-9-19-20(12-16)25-14-24-19/h5-6,8-9,11-12H,3-4,7,10,13-14H2,1-2H3,(H,22,23). The highest BCUT2D eigenvalue weighted by atomic mass is 16.7. The Morgan fingerprint density at radius 2 is 1.76 bits per heavy atom. The molecule has 1 heterocycles. The molecule has 3 rings (SSSR count). The van der Waals surface area contributed by atoms with Gasteiger partial charge in [-0.15, -0.1) is 0 Å². The van der Waals surface area contributed by atoms with E-state index in [1.165, 1.54) is 16.7 Å². The van der Waals surface area contributed by atoms with Crippen LogP contribution in [0.15, 0.2) is 36.4 Å². The van der Waals surface area contributed by atoms with Crippen LogP contribution in [0.25, 0.3) is 0 Å². The third kappa shape index (κ3) is 4.32. The average Bonchev–Trinajstić information content (AvgIpc) is 3.12. The summed E-state index contributed by atoms with van der Waals surface area (Å²) in [5.41, 5.74) is 4.91. The first-order valence-electron chi connectivity index (χ1n) is 8.95. The molecule has 0 radical (unpaired) electrons. The molecule has 1 aliphatic rings. The van der Waals surface area contributed by atoms with Crippen molar-refractivity contribution in [1.82, 2.24) is 5.32 Å². The number of benzene rings is 2. The molecule has 0 aliphatic carbocycles. The molecule has 0 saturated heterocycles. The summed E-state index contributed by atoms with van der Waals surface area (Å²) in [6.45, 7) is 5.16. The van der Waals surface area contributed by atoms with Crippen molar-refractivity contribution in [2.45, 2.75) is 46.1 Å². The van der Waals surface area contributed by atoms with Crippen molar-refractivity contribution in [3.63, 3.8) is 0 Å². The number of rotatable bonds is 7.